The molecule has 0 saturated carbocycles. The summed E-state index contributed by atoms with van der Waals surface area (Å²) in [5.74, 6) is 0.228. The van der Waals surface area contributed by atoms with E-state index in [2.05, 4.69) is 5.32 Å². The van der Waals surface area contributed by atoms with Crippen LogP contribution < -0.4 is 5.32 Å². The number of benzene rings is 2. The molecule has 1 heterocycles. The van der Waals surface area contributed by atoms with Gasteiger partial charge in [0.2, 0.25) is 5.91 Å². The number of nitrogens with zero attached hydrogens (tertiary/aromatic N) is 1. The second-order valence-electron chi connectivity index (χ2n) is 6.05. The highest BCUT2D eigenvalue weighted by atomic mass is 32.2. The minimum Gasteiger partial charge on any atom is -0.324 e. The smallest absolute Gasteiger partial charge is 0.238 e. The number of amides is 1. The standard InChI is InChI=1S/C17H20N2O3S/c1-19(14-9-10-23(21,22)12-14)11-17(20)18-16-8-4-6-13-5-2-3-7-15(13)16/h2-8,14H,9-12H2,1H3,(H,18,20). The van der Waals surface area contributed by atoms with E-state index in [9.17, 15) is 13.2 Å². The topological polar surface area (TPSA) is 66.5 Å². The van der Waals surface area contributed by atoms with Crippen LogP contribution in [0.4, 0.5) is 5.69 Å². The second-order valence-corrected chi connectivity index (χ2v) is 8.28. The molecule has 1 amide bonds. The minimum absolute atomic E-state index is 0.0710. The van der Waals surface area contributed by atoms with Crippen LogP contribution in [0.2, 0.25) is 0 Å². The molecule has 1 saturated heterocycles. The molecule has 3 rings (SSSR count). The zero-order chi connectivity index (χ0) is 16.4. The monoisotopic (exact) mass is 332 g/mol. The lowest BCUT2D eigenvalue weighted by Gasteiger charge is -2.22. The van der Waals surface area contributed by atoms with Crippen molar-refractivity contribution in [2.75, 3.05) is 30.4 Å². The Kier molecular flexibility index (Phi) is 4.37. The number of nitrogens with one attached hydrogen (secondary N) is 1. The van der Waals surface area contributed by atoms with Crippen molar-refractivity contribution in [3.8, 4) is 0 Å². The van der Waals surface area contributed by atoms with Crippen molar-refractivity contribution in [3.05, 3.63) is 42.5 Å². The van der Waals surface area contributed by atoms with Crippen molar-refractivity contribution >= 4 is 32.2 Å². The molecule has 5 nitrogen and oxygen atoms in total. The van der Waals surface area contributed by atoms with Crippen molar-refractivity contribution in [3.63, 3.8) is 0 Å². The van der Waals surface area contributed by atoms with Gasteiger partial charge in [-0.15, -0.1) is 0 Å². The highest BCUT2D eigenvalue weighted by molar-refractivity contribution is 7.91. The Hall–Kier alpha value is -1.92. The molecule has 0 aromatic heterocycles. The summed E-state index contributed by atoms with van der Waals surface area (Å²) in [6.45, 7) is 0.184. The van der Waals surface area contributed by atoms with E-state index in [-0.39, 0.29) is 30.0 Å². The Labute approximate surface area is 136 Å². The SMILES string of the molecule is CN(CC(=O)Nc1cccc2ccccc12)C1CCS(=O)(=O)C1. The fourth-order valence-corrected chi connectivity index (χ4v) is 4.81. The number of rotatable bonds is 4. The Morgan fingerprint density at radius 3 is 2.70 bits per heavy atom. The van der Waals surface area contributed by atoms with Gasteiger partial charge in [0.05, 0.1) is 18.1 Å². The summed E-state index contributed by atoms with van der Waals surface area (Å²) in [7, 11) is -1.14. The van der Waals surface area contributed by atoms with Gasteiger partial charge in [0.1, 0.15) is 0 Å². The Bertz CT molecular complexity index is 827. The molecule has 6 heteroatoms. The molecule has 2 aromatic rings. The summed E-state index contributed by atoms with van der Waals surface area (Å²) in [6, 6.07) is 13.6. The van der Waals surface area contributed by atoms with Gasteiger partial charge in [-0.2, -0.15) is 0 Å². The molecule has 0 spiro atoms. The van der Waals surface area contributed by atoms with Gasteiger partial charge < -0.3 is 5.32 Å². The van der Waals surface area contributed by atoms with Gasteiger partial charge in [-0.25, -0.2) is 8.42 Å². The van der Waals surface area contributed by atoms with Crippen LogP contribution >= 0.6 is 0 Å². The number of hydrogen-bond donors (Lipinski definition) is 1. The van der Waals surface area contributed by atoms with E-state index in [4.69, 9.17) is 0 Å². The lowest BCUT2D eigenvalue weighted by Crippen LogP contribution is -2.38. The van der Waals surface area contributed by atoms with Gasteiger partial charge in [-0.3, -0.25) is 9.69 Å². The first-order chi connectivity index (χ1) is 10.9. The first-order valence-electron chi connectivity index (χ1n) is 7.63. The van der Waals surface area contributed by atoms with Crippen LogP contribution in [-0.4, -0.2) is 50.4 Å². The summed E-state index contributed by atoms with van der Waals surface area (Å²) in [5.41, 5.74) is 0.778. The molecule has 0 radical (unpaired) electrons. The molecule has 122 valence electrons. The van der Waals surface area contributed by atoms with Crippen LogP contribution in [-0.2, 0) is 14.6 Å². The summed E-state index contributed by atoms with van der Waals surface area (Å²) < 4.78 is 23.1. The van der Waals surface area contributed by atoms with Crippen LogP contribution in [0, 0.1) is 0 Å². The molecule has 1 aliphatic heterocycles. The third-order valence-corrected chi connectivity index (χ3v) is 6.04. The van der Waals surface area contributed by atoms with Crippen molar-refractivity contribution in [2.24, 2.45) is 0 Å². The van der Waals surface area contributed by atoms with Crippen LogP contribution in [0.3, 0.4) is 0 Å². The summed E-state index contributed by atoms with van der Waals surface area (Å²) >= 11 is 0. The number of carbonyl (C=O) groups is 1. The summed E-state index contributed by atoms with van der Waals surface area (Å²) in [5, 5.41) is 4.99. The van der Waals surface area contributed by atoms with Crippen LogP contribution in [0.15, 0.2) is 42.5 Å². The molecule has 1 aliphatic rings. The highest BCUT2D eigenvalue weighted by Gasteiger charge is 2.31. The van der Waals surface area contributed by atoms with Gasteiger partial charge in [0.25, 0.3) is 0 Å². The maximum Gasteiger partial charge on any atom is 0.238 e. The zero-order valence-electron chi connectivity index (χ0n) is 13.0. The highest BCUT2D eigenvalue weighted by Crippen LogP contribution is 2.23. The molecule has 1 atom stereocenters. The van der Waals surface area contributed by atoms with E-state index in [1.165, 1.54) is 0 Å². The average molecular weight is 332 g/mol. The normalized spacial score (nSPS) is 20.0. The fourth-order valence-electron chi connectivity index (χ4n) is 3.00. The third-order valence-electron chi connectivity index (χ3n) is 4.29. The van der Waals surface area contributed by atoms with E-state index in [0.717, 1.165) is 16.5 Å². The first-order valence-corrected chi connectivity index (χ1v) is 9.45. The van der Waals surface area contributed by atoms with Crippen LogP contribution in [0.25, 0.3) is 10.8 Å². The average Bonchev–Trinajstić information content (AvgIpc) is 2.88. The van der Waals surface area contributed by atoms with Crippen molar-refractivity contribution < 1.29 is 13.2 Å². The fraction of sp³-hybridized carbons (Fsp3) is 0.353. The summed E-state index contributed by atoms with van der Waals surface area (Å²) in [6.07, 6.45) is 0.598. The van der Waals surface area contributed by atoms with Gasteiger partial charge in [-0.05, 0) is 24.9 Å². The van der Waals surface area contributed by atoms with E-state index < -0.39 is 9.84 Å². The van der Waals surface area contributed by atoms with Gasteiger partial charge in [0.15, 0.2) is 9.84 Å². The Balaban J connectivity index is 1.67. The van der Waals surface area contributed by atoms with Crippen LogP contribution in [0.1, 0.15) is 6.42 Å². The molecule has 1 fully saturated rings. The molecule has 2 aromatic carbocycles. The molecule has 0 bridgehead atoms. The van der Waals surface area contributed by atoms with E-state index in [1.807, 2.05) is 47.4 Å². The number of sulfone groups is 1. The molecule has 0 aliphatic carbocycles. The van der Waals surface area contributed by atoms with Crippen molar-refractivity contribution in [1.82, 2.24) is 4.90 Å². The van der Waals surface area contributed by atoms with Crippen molar-refractivity contribution in [2.45, 2.75) is 12.5 Å². The molecule has 23 heavy (non-hydrogen) atoms. The van der Waals surface area contributed by atoms with Crippen molar-refractivity contribution in [1.29, 1.82) is 0 Å². The van der Waals surface area contributed by atoms with E-state index in [1.54, 1.807) is 7.05 Å². The quantitative estimate of drug-likeness (QED) is 0.929. The van der Waals surface area contributed by atoms with Gasteiger partial charge >= 0.3 is 0 Å². The first kappa shape index (κ1) is 16.0. The minimum atomic E-state index is -2.94. The number of likely N-dealkylation sites (N-methyl/N-ethyl adjacent to an activating group) is 1. The van der Waals surface area contributed by atoms with Gasteiger partial charge in [0, 0.05) is 17.1 Å². The number of anilines is 1. The largest absolute Gasteiger partial charge is 0.324 e. The Morgan fingerprint density at radius 2 is 1.96 bits per heavy atom. The zero-order valence-corrected chi connectivity index (χ0v) is 13.8. The Morgan fingerprint density at radius 1 is 1.22 bits per heavy atom. The molecule has 1 N–H and O–H groups in total. The number of fused-ring (bicyclic) bond motifs is 1. The third kappa shape index (κ3) is 3.71. The number of hydrogen-bond acceptors (Lipinski definition) is 4. The molecular formula is C17H20N2O3S. The predicted octanol–water partition coefficient (Wildman–Crippen LogP) is 1.90. The molecule has 1 unspecified atom stereocenters. The second kappa shape index (κ2) is 6.29. The molecular weight excluding hydrogens is 312 g/mol. The summed E-state index contributed by atoms with van der Waals surface area (Å²) in [4.78, 5) is 14.1. The number of carbonyl (C=O) groups excluding carboxylic acids is 1. The van der Waals surface area contributed by atoms with Gasteiger partial charge in [-0.1, -0.05) is 36.4 Å². The van der Waals surface area contributed by atoms with E-state index in [0.29, 0.717) is 6.42 Å². The lowest BCUT2D eigenvalue weighted by molar-refractivity contribution is -0.117. The predicted molar refractivity (Wildman–Crippen MR) is 92.3 cm³/mol. The van der Waals surface area contributed by atoms with E-state index >= 15 is 0 Å². The lowest BCUT2D eigenvalue weighted by atomic mass is 10.1. The van der Waals surface area contributed by atoms with Crippen LogP contribution in [0.5, 0.6) is 0 Å². The maximum absolute atomic E-state index is 12.3. The maximum atomic E-state index is 12.3.